The van der Waals surface area contributed by atoms with Crippen molar-refractivity contribution < 1.29 is 5.11 Å². The average molecular weight is 176 g/mol. The van der Waals surface area contributed by atoms with Gasteiger partial charge in [0.25, 0.3) is 0 Å². The Hall–Kier alpha value is -0.755. The van der Waals surface area contributed by atoms with E-state index in [-0.39, 0.29) is 6.61 Å². The standard InChI is InChI=1S/C11H17BO/c1-2-3-4-10-7-9(8-13)5-6-11(10)12/h5-7,13H,2-4,8,12H2,1H3. The van der Waals surface area contributed by atoms with Crippen LogP contribution in [0.5, 0.6) is 0 Å². The number of aliphatic hydroxyl groups is 1. The molecule has 13 heavy (non-hydrogen) atoms. The molecule has 0 atom stereocenters. The van der Waals surface area contributed by atoms with Gasteiger partial charge in [0.15, 0.2) is 0 Å². The molecule has 0 aliphatic rings. The summed E-state index contributed by atoms with van der Waals surface area (Å²) in [6.45, 7) is 2.35. The first-order valence-electron chi connectivity index (χ1n) is 4.97. The zero-order chi connectivity index (χ0) is 9.68. The molecular formula is C11H17BO. The fourth-order valence-electron chi connectivity index (χ4n) is 1.46. The van der Waals surface area contributed by atoms with E-state index in [2.05, 4.69) is 26.9 Å². The highest BCUT2D eigenvalue weighted by Crippen LogP contribution is 2.06. The van der Waals surface area contributed by atoms with Crippen molar-refractivity contribution in [2.45, 2.75) is 32.8 Å². The Morgan fingerprint density at radius 1 is 1.38 bits per heavy atom. The number of benzene rings is 1. The van der Waals surface area contributed by atoms with Crippen molar-refractivity contribution >= 4 is 13.3 Å². The van der Waals surface area contributed by atoms with Crippen LogP contribution in [0.2, 0.25) is 0 Å². The van der Waals surface area contributed by atoms with Crippen LogP contribution in [0, 0.1) is 0 Å². The molecule has 1 nitrogen and oxygen atoms in total. The Morgan fingerprint density at radius 3 is 2.77 bits per heavy atom. The highest BCUT2D eigenvalue weighted by Gasteiger charge is 1.98. The van der Waals surface area contributed by atoms with E-state index in [0.717, 1.165) is 12.0 Å². The van der Waals surface area contributed by atoms with E-state index in [9.17, 15) is 0 Å². The minimum absolute atomic E-state index is 0.152. The average Bonchev–Trinajstić information content (AvgIpc) is 2.17. The molecule has 0 aliphatic heterocycles. The number of hydrogen-bond donors (Lipinski definition) is 1. The lowest BCUT2D eigenvalue weighted by Crippen LogP contribution is -2.10. The summed E-state index contributed by atoms with van der Waals surface area (Å²) < 4.78 is 0. The van der Waals surface area contributed by atoms with Gasteiger partial charge in [-0.1, -0.05) is 42.6 Å². The van der Waals surface area contributed by atoms with Crippen LogP contribution in [0.4, 0.5) is 0 Å². The van der Waals surface area contributed by atoms with E-state index < -0.39 is 0 Å². The van der Waals surface area contributed by atoms with Gasteiger partial charge in [0.05, 0.1) is 6.61 Å². The molecular weight excluding hydrogens is 159 g/mol. The lowest BCUT2D eigenvalue weighted by molar-refractivity contribution is 0.282. The first kappa shape index (κ1) is 10.3. The second-order valence-corrected chi connectivity index (χ2v) is 3.52. The number of aliphatic hydroxyl groups excluding tert-OH is 1. The lowest BCUT2D eigenvalue weighted by atomic mass is 9.87. The zero-order valence-electron chi connectivity index (χ0n) is 8.51. The number of hydrogen-bond acceptors (Lipinski definition) is 1. The molecule has 1 aromatic rings. The van der Waals surface area contributed by atoms with Crippen LogP contribution in [-0.4, -0.2) is 13.0 Å². The first-order valence-corrected chi connectivity index (χ1v) is 4.97. The minimum Gasteiger partial charge on any atom is -0.392 e. The molecule has 0 unspecified atom stereocenters. The molecule has 0 fully saturated rings. The Kier molecular flexibility index (Phi) is 4.03. The summed E-state index contributed by atoms with van der Waals surface area (Å²) in [7, 11) is 2.13. The number of aryl methyl sites for hydroxylation is 1. The van der Waals surface area contributed by atoms with Gasteiger partial charge in [-0.15, -0.1) is 0 Å². The highest BCUT2D eigenvalue weighted by atomic mass is 16.3. The maximum atomic E-state index is 8.98. The lowest BCUT2D eigenvalue weighted by Gasteiger charge is -2.06. The second kappa shape index (κ2) is 5.08. The summed E-state index contributed by atoms with van der Waals surface area (Å²) in [6.07, 6.45) is 3.59. The van der Waals surface area contributed by atoms with Crippen LogP contribution in [0.3, 0.4) is 0 Å². The summed E-state index contributed by atoms with van der Waals surface area (Å²) in [5.74, 6) is 0. The molecule has 0 aliphatic carbocycles. The molecule has 70 valence electrons. The molecule has 0 saturated heterocycles. The third kappa shape index (κ3) is 2.89. The van der Waals surface area contributed by atoms with Gasteiger partial charge in [-0.25, -0.2) is 0 Å². The van der Waals surface area contributed by atoms with E-state index in [0.29, 0.717) is 0 Å². The normalized spacial score (nSPS) is 10.3. The maximum Gasteiger partial charge on any atom is 0.139 e. The van der Waals surface area contributed by atoms with Gasteiger partial charge in [-0.05, 0) is 18.4 Å². The van der Waals surface area contributed by atoms with Crippen LogP contribution >= 0.6 is 0 Å². The summed E-state index contributed by atoms with van der Waals surface area (Å²) in [6, 6.07) is 6.20. The third-order valence-electron chi connectivity index (χ3n) is 2.40. The van der Waals surface area contributed by atoms with Crippen molar-refractivity contribution in [3.05, 3.63) is 29.3 Å². The monoisotopic (exact) mass is 176 g/mol. The van der Waals surface area contributed by atoms with Crippen LogP contribution < -0.4 is 5.46 Å². The molecule has 0 saturated carbocycles. The molecule has 1 rings (SSSR count). The van der Waals surface area contributed by atoms with E-state index in [1.807, 2.05) is 6.07 Å². The van der Waals surface area contributed by atoms with Crippen LogP contribution in [0.15, 0.2) is 18.2 Å². The molecule has 1 N–H and O–H groups in total. The van der Waals surface area contributed by atoms with E-state index in [1.165, 1.54) is 23.9 Å². The van der Waals surface area contributed by atoms with Crippen molar-refractivity contribution in [3.8, 4) is 0 Å². The van der Waals surface area contributed by atoms with Gasteiger partial charge in [0.2, 0.25) is 0 Å². The zero-order valence-corrected chi connectivity index (χ0v) is 8.51. The van der Waals surface area contributed by atoms with E-state index >= 15 is 0 Å². The Bertz CT molecular complexity index is 271. The van der Waals surface area contributed by atoms with Crippen molar-refractivity contribution in [2.75, 3.05) is 0 Å². The van der Waals surface area contributed by atoms with Gasteiger partial charge < -0.3 is 5.11 Å². The second-order valence-electron chi connectivity index (χ2n) is 3.52. The number of rotatable bonds is 4. The van der Waals surface area contributed by atoms with Gasteiger partial charge in [-0.2, -0.15) is 0 Å². The largest absolute Gasteiger partial charge is 0.392 e. The van der Waals surface area contributed by atoms with Crippen LogP contribution in [0.1, 0.15) is 30.9 Å². The van der Waals surface area contributed by atoms with Crippen LogP contribution in [-0.2, 0) is 13.0 Å². The quantitative estimate of drug-likeness (QED) is 0.672. The summed E-state index contributed by atoms with van der Waals surface area (Å²) in [5, 5.41) is 8.98. The molecule has 0 radical (unpaired) electrons. The summed E-state index contributed by atoms with van der Waals surface area (Å²) in [4.78, 5) is 0. The SMILES string of the molecule is Bc1ccc(CO)cc1CCCC. The Labute approximate surface area is 81.2 Å². The van der Waals surface area contributed by atoms with Crippen LogP contribution in [0.25, 0.3) is 0 Å². The van der Waals surface area contributed by atoms with Gasteiger partial charge in [0.1, 0.15) is 7.85 Å². The minimum atomic E-state index is 0.152. The van der Waals surface area contributed by atoms with Crippen molar-refractivity contribution in [1.82, 2.24) is 0 Å². The third-order valence-corrected chi connectivity index (χ3v) is 2.40. The predicted octanol–water partition coefficient (Wildman–Crippen LogP) is 0.780. The molecule has 0 amide bonds. The fourth-order valence-corrected chi connectivity index (χ4v) is 1.46. The molecule has 0 heterocycles. The fraction of sp³-hybridized carbons (Fsp3) is 0.455. The summed E-state index contributed by atoms with van der Waals surface area (Å²) >= 11 is 0. The molecule has 1 aromatic carbocycles. The van der Waals surface area contributed by atoms with E-state index in [1.54, 1.807) is 0 Å². The van der Waals surface area contributed by atoms with Crippen molar-refractivity contribution in [1.29, 1.82) is 0 Å². The maximum absolute atomic E-state index is 8.98. The number of unbranched alkanes of at least 4 members (excludes halogenated alkanes) is 1. The topological polar surface area (TPSA) is 20.2 Å². The Morgan fingerprint density at radius 2 is 2.15 bits per heavy atom. The van der Waals surface area contributed by atoms with Gasteiger partial charge in [0, 0.05) is 0 Å². The highest BCUT2D eigenvalue weighted by molar-refractivity contribution is 6.33. The van der Waals surface area contributed by atoms with Gasteiger partial charge in [-0.3, -0.25) is 0 Å². The molecule has 2 heteroatoms. The Balaban J connectivity index is 2.78. The first-order chi connectivity index (χ1) is 6.27. The summed E-state index contributed by atoms with van der Waals surface area (Å²) in [5.41, 5.74) is 3.75. The predicted molar refractivity (Wildman–Crippen MR) is 59.2 cm³/mol. The van der Waals surface area contributed by atoms with Crippen molar-refractivity contribution in [2.24, 2.45) is 0 Å². The smallest absolute Gasteiger partial charge is 0.139 e. The molecule has 0 spiro atoms. The van der Waals surface area contributed by atoms with Gasteiger partial charge >= 0.3 is 0 Å². The van der Waals surface area contributed by atoms with E-state index in [4.69, 9.17) is 5.11 Å². The van der Waals surface area contributed by atoms with Crippen molar-refractivity contribution in [3.63, 3.8) is 0 Å². The molecule has 0 aromatic heterocycles. The molecule has 0 bridgehead atoms.